The van der Waals surface area contributed by atoms with Crippen LogP contribution in [0.2, 0.25) is 0 Å². The van der Waals surface area contributed by atoms with Crippen molar-refractivity contribution >= 4 is 22.9 Å². The quantitative estimate of drug-likeness (QED) is 0.432. The van der Waals surface area contributed by atoms with E-state index in [0.29, 0.717) is 0 Å². The standard InChI is InChI=1S/C22H28N2O2/c1-17(25)19-7-11-21(12-8-19)23-15-5-3-4-6-16-24-22-13-9-20(10-14-22)18(2)26/h7-14,23-24H,3-6,15-16H2,1-2H3. The molecule has 0 atom stereocenters. The Labute approximate surface area is 156 Å². The summed E-state index contributed by atoms with van der Waals surface area (Å²) < 4.78 is 0. The van der Waals surface area contributed by atoms with Crippen molar-refractivity contribution < 1.29 is 9.59 Å². The Bertz CT molecular complexity index is 642. The SMILES string of the molecule is CC(=O)c1ccc(NCCCCCCNc2ccc(C(C)=O)cc2)cc1. The number of carbonyl (C=O) groups is 2. The topological polar surface area (TPSA) is 58.2 Å². The summed E-state index contributed by atoms with van der Waals surface area (Å²) in [4.78, 5) is 22.5. The van der Waals surface area contributed by atoms with Crippen LogP contribution < -0.4 is 10.6 Å². The smallest absolute Gasteiger partial charge is 0.159 e. The highest BCUT2D eigenvalue weighted by molar-refractivity contribution is 5.94. The Hall–Kier alpha value is -2.62. The van der Waals surface area contributed by atoms with Crippen molar-refractivity contribution in [2.24, 2.45) is 0 Å². The third-order valence-corrected chi connectivity index (χ3v) is 4.34. The number of nitrogens with one attached hydrogen (secondary N) is 2. The molecule has 0 spiro atoms. The van der Waals surface area contributed by atoms with Crippen LogP contribution in [-0.2, 0) is 0 Å². The van der Waals surface area contributed by atoms with E-state index in [1.54, 1.807) is 13.8 Å². The molecular formula is C22H28N2O2. The molecule has 0 bridgehead atoms. The number of benzene rings is 2. The summed E-state index contributed by atoms with van der Waals surface area (Å²) in [5, 5.41) is 6.77. The molecule has 2 rings (SSSR count). The minimum absolute atomic E-state index is 0.0972. The predicted octanol–water partition coefficient (Wildman–Crippen LogP) is 5.18. The lowest BCUT2D eigenvalue weighted by Gasteiger charge is -2.08. The van der Waals surface area contributed by atoms with E-state index < -0.39 is 0 Å². The van der Waals surface area contributed by atoms with Gasteiger partial charge in [0.15, 0.2) is 11.6 Å². The van der Waals surface area contributed by atoms with Crippen LogP contribution in [0.5, 0.6) is 0 Å². The monoisotopic (exact) mass is 352 g/mol. The molecule has 26 heavy (non-hydrogen) atoms. The Balaban J connectivity index is 1.52. The van der Waals surface area contributed by atoms with Gasteiger partial charge in [-0.2, -0.15) is 0 Å². The number of rotatable bonds is 11. The molecule has 2 N–H and O–H groups in total. The first-order chi connectivity index (χ1) is 12.6. The van der Waals surface area contributed by atoms with E-state index in [2.05, 4.69) is 10.6 Å². The third kappa shape index (κ3) is 6.71. The molecule has 0 radical (unpaired) electrons. The maximum atomic E-state index is 11.2. The van der Waals surface area contributed by atoms with E-state index >= 15 is 0 Å². The van der Waals surface area contributed by atoms with Crippen molar-refractivity contribution in [1.29, 1.82) is 0 Å². The Morgan fingerprint density at radius 3 is 1.27 bits per heavy atom. The molecule has 4 nitrogen and oxygen atoms in total. The number of anilines is 2. The van der Waals surface area contributed by atoms with Gasteiger partial charge in [0.05, 0.1) is 0 Å². The fourth-order valence-electron chi connectivity index (χ4n) is 2.71. The average Bonchev–Trinajstić information content (AvgIpc) is 2.64. The third-order valence-electron chi connectivity index (χ3n) is 4.34. The van der Waals surface area contributed by atoms with Gasteiger partial charge in [-0.25, -0.2) is 0 Å². The first kappa shape index (κ1) is 19.7. The molecule has 0 aliphatic rings. The summed E-state index contributed by atoms with van der Waals surface area (Å²) in [6, 6.07) is 15.3. The van der Waals surface area contributed by atoms with Gasteiger partial charge in [0.1, 0.15) is 0 Å². The van der Waals surface area contributed by atoms with E-state index in [1.807, 2.05) is 48.5 Å². The van der Waals surface area contributed by atoms with Gasteiger partial charge in [-0.05, 0) is 75.2 Å². The summed E-state index contributed by atoms with van der Waals surface area (Å²) in [6.07, 6.45) is 4.62. The molecule has 138 valence electrons. The molecule has 0 aliphatic carbocycles. The van der Waals surface area contributed by atoms with Gasteiger partial charge in [0.25, 0.3) is 0 Å². The van der Waals surface area contributed by atoms with Crippen LogP contribution in [0.3, 0.4) is 0 Å². The Morgan fingerprint density at radius 1 is 0.615 bits per heavy atom. The van der Waals surface area contributed by atoms with Crippen molar-refractivity contribution in [3.8, 4) is 0 Å². The number of hydrogen-bond acceptors (Lipinski definition) is 4. The first-order valence-electron chi connectivity index (χ1n) is 9.26. The summed E-state index contributed by atoms with van der Waals surface area (Å²) in [5.41, 5.74) is 3.62. The van der Waals surface area contributed by atoms with Crippen molar-refractivity contribution in [2.75, 3.05) is 23.7 Å². The van der Waals surface area contributed by atoms with Gasteiger partial charge in [-0.1, -0.05) is 12.8 Å². The van der Waals surface area contributed by atoms with Crippen molar-refractivity contribution in [1.82, 2.24) is 0 Å². The zero-order valence-corrected chi connectivity index (χ0v) is 15.7. The zero-order chi connectivity index (χ0) is 18.8. The fourth-order valence-corrected chi connectivity index (χ4v) is 2.71. The van der Waals surface area contributed by atoms with E-state index in [9.17, 15) is 9.59 Å². The normalized spacial score (nSPS) is 10.4. The number of carbonyl (C=O) groups excluding carboxylic acids is 2. The zero-order valence-electron chi connectivity index (χ0n) is 15.7. The molecule has 0 fully saturated rings. The summed E-state index contributed by atoms with van der Waals surface area (Å²) in [6.45, 7) is 5.05. The Kier molecular flexibility index (Phi) is 7.87. The molecule has 0 heterocycles. The number of hydrogen-bond donors (Lipinski definition) is 2. The Morgan fingerprint density at radius 2 is 0.962 bits per heavy atom. The summed E-state index contributed by atoms with van der Waals surface area (Å²) >= 11 is 0. The molecule has 0 amide bonds. The number of unbranched alkanes of at least 4 members (excludes halogenated alkanes) is 3. The maximum absolute atomic E-state index is 11.2. The van der Waals surface area contributed by atoms with E-state index in [4.69, 9.17) is 0 Å². The fraction of sp³-hybridized carbons (Fsp3) is 0.364. The molecule has 0 saturated heterocycles. The van der Waals surface area contributed by atoms with Gasteiger partial charge in [-0.15, -0.1) is 0 Å². The van der Waals surface area contributed by atoms with Gasteiger partial charge in [0.2, 0.25) is 0 Å². The molecule has 2 aromatic rings. The molecule has 4 heteroatoms. The van der Waals surface area contributed by atoms with Crippen LogP contribution in [0.1, 0.15) is 60.2 Å². The maximum Gasteiger partial charge on any atom is 0.159 e. The minimum Gasteiger partial charge on any atom is -0.385 e. The molecular weight excluding hydrogens is 324 g/mol. The van der Waals surface area contributed by atoms with Gasteiger partial charge in [0, 0.05) is 35.6 Å². The summed E-state index contributed by atoms with van der Waals surface area (Å²) in [5.74, 6) is 0.194. The molecule has 2 aromatic carbocycles. The lowest BCUT2D eigenvalue weighted by atomic mass is 10.1. The van der Waals surface area contributed by atoms with Crippen molar-refractivity contribution in [3.63, 3.8) is 0 Å². The number of ketones is 2. The highest BCUT2D eigenvalue weighted by Gasteiger charge is 2.00. The van der Waals surface area contributed by atoms with Crippen LogP contribution in [-0.4, -0.2) is 24.7 Å². The van der Waals surface area contributed by atoms with Crippen molar-refractivity contribution in [3.05, 3.63) is 59.7 Å². The van der Waals surface area contributed by atoms with Gasteiger partial charge in [-0.3, -0.25) is 9.59 Å². The van der Waals surface area contributed by atoms with Crippen LogP contribution >= 0.6 is 0 Å². The predicted molar refractivity (Wildman–Crippen MR) is 108 cm³/mol. The molecule has 0 aromatic heterocycles. The van der Waals surface area contributed by atoms with Gasteiger partial charge < -0.3 is 10.6 Å². The van der Waals surface area contributed by atoms with Crippen molar-refractivity contribution in [2.45, 2.75) is 39.5 Å². The highest BCUT2D eigenvalue weighted by Crippen LogP contribution is 2.12. The van der Waals surface area contributed by atoms with Gasteiger partial charge >= 0.3 is 0 Å². The minimum atomic E-state index is 0.0972. The van der Waals surface area contributed by atoms with Crippen LogP contribution in [0.15, 0.2) is 48.5 Å². The summed E-state index contributed by atoms with van der Waals surface area (Å²) in [7, 11) is 0. The lowest BCUT2D eigenvalue weighted by Crippen LogP contribution is -2.04. The van der Waals surface area contributed by atoms with E-state index in [1.165, 1.54) is 12.8 Å². The second kappa shape index (κ2) is 10.4. The largest absolute Gasteiger partial charge is 0.385 e. The molecule has 0 unspecified atom stereocenters. The second-order valence-electron chi connectivity index (χ2n) is 6.53. The second-order valence-corrected chi connectivity index (χ2v) is 6.53. The van der Waals surface area contributed by atoms with Crippen LogP contribution in [0, 0.1) is 0 Å². The first-order valence-corrected chi connectivity index (χ1v) is 9.26. The van der Waals surface area contributed by atoms with E-state index in [0.717, 1.165) is 48.4 Å². The van der Waals surface area contributed by atoms with Crippen LogP contribution in [0.4, 0.5) is 11.4 Å². The number of Topliss-reactive ketones (excluding diaryl/α,β-unsaturated/α-hetero) is 2. The highest BCUT2D eigenvalue weighted by atomic mass is 16.1. The van der Waals surface area contributed by atoms with E-state index in [-0.39, 0.29) is 11.6 Å². The molecule has 0 aliphatic heterocycles. The molecule has 0 saturated carbocycles. The van der Waals surface area contributed by atoms with Crippen LogP contribution in [0.25, 0.3) is 0 Å². The lowest BCUT2D eigenvalue weighted by molar-refractivity contribution is 0.100. The average molecular weight is 352 g/mol.